The summed E-state index contributed by atoms with van der Waals surface area (Å²) in [5.74, 6) is -1.61. The topological polar surface area (TPSA) is 103 Å². The van der Waals surface area contributed by atoms with Crippen LogP contribution in [0, 0.1) is 5.92 Å². The summed E-state index contributed by atoms with van der Waals surface area (Å²) in [7, 11) is -3.76. The molecule has 0 radical (unpaired) electrons. The fraction of sp³-hybridized carbons (Fsp3) is 0.429. The van der Waals surface area contributed by atoms with Gasteiger partial charge in [0.25, 0.3) is 0 Å². The number of fused-ring (bicyclic) bond motifs is 1. The van der Waals surface area contributed by atoms with Crippen molar-refractivity contribution in [1.29, 1.82) is 0 Å². The third kappa shape index (κ3) is 2.38. The number of aromatic nitrogens is 2. The van der Waals surface area contributed by atoms with Crippen LogP contribution in [0.1, 0.15) is 19.8 Å². The maximum atomic E-state index is 12.9. The number of hydrogen-bond donors (Lipinski definition) is 2. The van der Waals surface area contributed by atoms with Crippen molar-refractivity contribution < 1.29 is 18.3 Å². The average molecular weight is 323 g/mol. The molecule has 0 aliphatic carbocycles. The third-order valence-electron chi connectivity index (χ3n) is 4.17. The van der Waals surface area contributed by atoms with Gasteiger partial charge in [0.1, 0.15) is 10.5 Å². The highest BCUT2D eigenvalue weighted by molar-refractivity contribution is 7.89. The van der Waals surface area contributed by atoms with Crippen molar-refractivity contribution in [1.82, 2.24) is 14.3 Å². The van der Waals surface area contributed by atoms with Gasteiger partial charge in [-0.05, 0) is 31.9 Å². The highest BCUT2D eigenvalue weighted by Crippen LogP contribution is 2.31. The zero-order valence-electron chi connectivity index (χ0n) is 12.1. The number of carboxylic acid groups (broad SMARTS) is 1. The predicted octanol–water partition coefficient (Wildman–Crippen LogP) is 1.44. The Labute approximate surface area is 128 Å². The standard InChI is InChI=1S/C14H17N3O4S/c1-9-4-5-10(14(18)19)8-17(9)22(20,21)12-7-16-13-11(12)3-2-6-15-13/h2-3,6-7,9-10H,4-5,8H2,1H3,(H,15,16)(H,18,19). The zero-order valence-corrected chi connectivity index (χ0v) is 12.9. The molecule has 1 aliphatic rings. The van der Waals surface area contributed by atoms with Gasteiger partial charge in [-0.25, -0.2) is 13.4 Å². The van der Waals surface area contributed by atoms with E-state index < -0.39 is 21.9 Å². The van der Waals surface area contributed by atoms with Crippen molar-refractivity contribution in [3.63, 3.8) is 0 Å². The Bertz CT molecular complexity index is 814. The van der Waals surface area contributed by atoms with E-state index in [2.05, 4.69) is 9.97 Å². The van der Waals surface area contributed by atoms with Crippen LogP contribution in [-0.2, 0) is 14.8 Å². The summed E-state index contributed by atoms with van der Waals surface area (Å²) in [6.45, 7) is 1.81. The number of nitrogens with one attached hydrogen (secondary N) is 1. The monoisotopic (exact) mass is 323 g/mol. The second-order valence-electron chi connectivity index (χ2n) is 5.59. The van der Waals surface area contributed by atoms with Crippen molar-refractivity contribution >= 4 is 27.0 Å². The molecule has 2 N–H and O–H groups in total. The molecule has 2 unspecified atom stereocenters. The maximum Gasteiger partial charge on any atom is 0.307 e. The number of carboxylic acids is 1. The molecule has 1 fully saturated rings. The number of aromatic amines is 1. The van der Waals surface area contributed by atoms with Gasteiger partial charge < -0.3 is 10.1 Å². The van der Waals surface area contributed by atoms with Gasteiger partial charge >= 0.3 is 5.97 Å². The van der Waals surface area contributed by atoms with Crippen LogP contribution in [0.2, 0.25) is 0 Å². The molecule has 118 valence electrons. The number of sulfonamides is 1. The first-order valence-electron chi connectivity index (χ1n) is 7.08. The number of hydrogen-bond acceptors (Lipinski definition) is 4. The van der Waals surface area contributed by atoms with E-state index in [0.717, 1.165) is 0 Å². The number of pyridine rings is 1. The summed E-state index contributed by atoms with van der Waals surface area (Å²) in [5.41, 5.74) is 0.500. The van der Waals surface area contributed by atoms with Crippen molar-refractivity contribution in [3.8, 4) is 0 Å². The summed E-state index contributed by atoms with van der Waals surface area (Å²) in [6, 6.07) is 3.14. The molecular formula is C14H17N3O4S. The lowest BCUT2D eigenvalue weighted by atomic mass is 9.96. The fourth-order valence-corrected chi connectivity index (χ4v) is 4.74. The van der Waals surface area contributed by atoms with Crippen LogP contribution in [0.15, 0.2) is 29.4 Å². The quantitative estimate of drug-likeness (QED) is 0.889. The van der Waals surface area contributed by atoms with Crippen molar-refractivity contribution in [2.45, 2.75) is 30.7 Å². The van der Waals surface area contributed by atoms with Gasteiger partial charge in [0.15, 0.2) is 0 Å². The number of rotatable bonds is 3. The average Bonchev–Trinajstić information content (AvgIpc) is 2.91. The molecule has 1 aliphatic heterocycles. The van der Waals surface area contributed by atoms with Crippen LogP contribution in [0.4, 0.5) is 0 Å². The molecule has 3 heterocycles. The Hall–Kier alpha value is -1.93. The Morgan fingerprint density at radius 2 is 2.23 bits per heavy atom. The number of aliphatic carboxylic acids is 1. The third-order valence-corrected chi connectivity index (χ3v) is 6.19. The summed E-state index contributed by atoms with van der Waals surface area (Å²) in [4.78, 5) is 18.3. The number of nitrogens with zero attached hydrogens (tertiary/aromatic N) is 2. The van der Waals surface area contributed by atoms with Gasteiger partial charge in [-0.1, -0.05) is 0 Å². The molecule has 3 rings (SSSR count). The van der Waals surface area contributed by atoms with E-state index in [4.69, 9.17) is 0 Å². The molecule has 22 heavy (non-hydrogen) atoms. The van der Waals surface area contributed by atoms with Gasteiger partial charge in [-0.3, -0.25) is 4.79 Å². The van der Waals surface area contributed by atoms with Crippen LogP contribution in [0.25, 0.3) is 11.0 Å². The van der Waals surface area contributed by atoms with Gasteiger partial charge in [0.05, 0.1) is 5.92 Å². The Morgan fingerprint density at radius 3 is 2.95 bits per heavy atom. The fourth-order valence-electron chi connectivity index (χ4n) is 2.88. The highest BCUT2D eigenvalue weighted by atomic mass is 32.2. The Morgan fingerprint density at radius 1 is 1.45 bits per heavy atom. The second-order valence-corrected chi connectivity index (χ2v) is 7.45. The normalized spacial score (nSPS) is 23.7. The minimum absolute atomic E-state index is 0.00572. The zero-order chi connectivity index (χ0) is 15.9. The minimum Gasteiger partial charge on any atom is -0.481 e. The number of carbonyl (C=O) groups is 1. The molecule has 0 saturated carbocycles. The van der Waals surface area contributed by atoms with Crippen LogP contribution in [-0.4, -0.2) is 46.4 Å². The molecule has 0 bridgehead atoms. The first-order valence-corrected chi connectivity index (χ1v) is 8.52. The molecule has 8 heteroatoms. The first-order chi connectivity index (χ1) is 10.4. The van der Waals surface area contributed by atoms with Crippen molar-refractivity contribution in [3.05, 3.63) is 24.5 Å². The number of piperidine rings is 1. The van der Waals surface area contributed by atoms with E-state index in [1.54, 1.807) is 18.3 Å². The van der Waals surface area contributed by atoms with Gasteiger partial charge in [-0.2, -0.15) is 4.31 Å². The molecule has 0 spiro atoms. The molecule has 2 aromatic rings. The predicted molar refractivity (Wildman–Crippen MR) is 79.8 cm³/mol. The molecule has 2 aromatic heterocycles. The summed E-state index contributed by atoms with van der Waals surface area (Å²) in [5, 5.41) is 9.69. The van der Waals surface area contributed by atoms with Gasteiger partial charge in [0.2, 0.25) is 10.0 Å². The van der Waals surface area contributed by atoms with Crippen LogP contribution in [0.5, 0.6) is 0 Å². The Balaban J connectivity index is 2.03. The summed E-state index contributed by atoms with van der Waals surface area (Å²) >= 11 is 0. The lowest BCUT2D eigenvalue weighted by molar-refractivity contribution is -0.143. The van der Waals surface area contributed by atoms with Crippen LogP contribution < -0.4 is 0 Å². The van der Waals surface area contributed by atoms with E-state index in [9.17, 15) is 18.3 Å². The molecular weight excluding hydrogens is 306 g/mol. The molecule has 0 aromatic carbocycles. The van der Waals surface area contributed by atoms with E-state index in [0.29, 0.717) is 23.9 Å². The Kier molecular flexibility index (Phi) is 3.65. The van der Waals surface area contributed by atoms with Crippen LogP contribution >= 0.6 is 0 Å². The molecule has 7 nitrogen and oxygen atoms in total. The minimum atomic E-state index is -3.76. The van der Waals surface area contributed by atoms with E-state index in [1.807, 2.05) is 6.92 Å². The van der Waals surface area contributed by atoms with Gasteiger partial charge in [-0.15, -0.1) is 0 Å². The van der Waals surface area contributed by atoms with Crippen molar-refractivity contribution in [2.24, 2.45) is 5.92 Å². The summed E-state index contributed by atoms with van der Waals surface area (Å²) < 4.78 is 27.1. The summed E-state index contributed by atoms with van der Waals surface area (Å²) in [6.07, 6.45) is 4.04. The second kappa shape index (κ2) is 5.36. The lowest BCUT2D eigenvalue weighted by Gasteiger charge is -2.35. The van der Waals surface area contributed by atoms with Crippen LogP contribution in [0.3, 0.4) is 0 Å². The first kappa shape index (κ1) is 15.0. The van der Waals surface area contributed by atoms with E-state index >= 15 is 0 Å². The van der Waals surface area contributed by atoms with E-state index in [-0.39, 0.29) is 17.5 Å². The molecule has 0 amide bonds. The molecule has 1 saturated heterocycles. The van der Waals surface area contributed by atoms with E-state index in [1.165, 1.54) is 10.5 Å². The maximum absolute atomic E-state index is 12.9. The molecule has 2 atom stereocenters. The highest BCUT2D eigenvalue weighted by Gasteiger charge is 2.38. The smallest absolute Gasteiger partial charge is 0.307 e. The largest absolute Gasteiger partial charge is 0.481 e. The van der Waals surface area contributed by atoms with Crippen molar-refractivity contribution in [2.75, 3.05) is 6.54 Å². The SMILES string of the molecule is CC1CCC(C(=O)O)CN1S(=O)(=O)c1c[nH]c2ncccc12. The number of H-pyrrole nitrogens is 1. The lowest BCUT2D eigenvalue weighted by Crippen LogP contribution is -2.47. The van der Waals surface area contributed by atoms with Gasteiger partial charge in [0, 0.05) is 30.4 Å².